The summed E-state index contributed by atoms with van der Waals surface area (Å²) in [6.07, 6.45) is 3.85. The number of halogens is 2. The number of carbonyl (C=O) groups excluding carboxylic acids is 1. The number of likely N-dealkylation sites (tertiary alicyclic amines) is 1. The molecule has 1 saturated heterocycles. The van der Waals surface area contributed by atoms with E-state index in [1.807, 2.05) is 24.9 Å². The van der Waals surface area contributed by atoms with Gasteiger partial charge in [0.15, 0.2) is 0 Å². The van der Waals surface area contributed by atoms with Gasteiger partial charge >= 0.3 is 0 Å². The number of piperidine rings is 1. The normalized spacial score (nSPS) is 17.0. The summed E-state index contributed by atoms with van der Waals surface area (Å²) in [4.78, 5) is 14.1. The first kappa shape index (κ1) is 19.2. The van der Waals surface area contributed by atoms with Crippen LogP contribution in [0, 0.1) is 5.92 Å². The molecule has 0 radical (unpaired) electrons. The van der Waals surface area contributed by atoms with E-state index < -0.39 is 0 Å². The molecule has 116 valence electrons. The lowest BCUT2D eigenvalue weighted by Gasteiger charge is -2.33. The molecule has 1 aliphatic rings. The summed E-state index contributed by atoms with van der Waals surface area (Å²) in [7, 11) is 1.88. The van der Waals surface area contributed by atoms with Crippen LogP contribution in [-0.4, -0.2) is 47.7 Å². The maximum Gasteiger partial charge on any atom is 0.226 e. The number of nitrogens with zero attached hydrogens (tertiary/aromatic N) is 2. The van der Waals surface area contributed by atoms with Crippen molar-refractivity contribution in [1.82, 2.24) is 20.4 Å². The lowest BCUT2D eigenvalue weighted by atomic mass is 9.93. The van der Waals surface area contributed by atoms with Gasteiger partial charge in [-0.1, -0.05) is 6.92 Å². The van der Waals surface area contributed by atoms with Crippen molar-refractivity contribution in [3.8, 4) is 0 Å². The van der Waals surface area contributed by atoms with Crippen LogP contribution in [0.3, 0.4) is 0 Å². The number of amides is 1. The molecule has 1 unspecified atom stereocenters. The molecule has 1 aromatic rings. The molecule has 2 heterocycles. The first-order chi connectivity index (χ1) is 8.72. The van der Waals surface area contributed by atoms with Crippen molar-refractivity contribution in [2.24, 2.45) is 5.92 Å². The minimum Gasteiger partial charge on any atom is -0.342 e. The van der Waals surface area contributed by atoms with Gasteiger partial charge in [0.05, 0.1) is 0 Å². The molecule has 2 rings (SSSR count). The Morgan fingerprint density at radius 3 is 2.65 bits per heavy atom. The summed E-state index contributed by atoms with van der Waals surface area (Å²) in [6, 6.07) is 2.03. The van der Waals surface area contributed by atoms with E-state index in [4.69, 9.17) is 0 Å². The van der Waals surface area contributed by atoms with Crippen LogP contribution in [0.1, 0.15) is 31.4 Å². The van der Waals surface area contributed by atoms with E-state index in [0.29, 0.717) is 5.92 Å². The topological polar surface area (TPSA) is 61.0 Å². The van der Waals surface area contributed by atoms with Crippen molar-refractivity contribution >= 4 is 30.7 Å². The van der Waals surface area contributed by atoms with Crippen molar-refractivity contribution in [3.05, 3.63) is 18.0 Å². The second-order valence-electron chi connectivity index (χ2n) is 5.07. The van der Waals surface area contributed by atoms with Crippen molar-refractivity contribution in [2.45, 2.75) is 25.7 Å². The maximum atomic E-state index is 12.1. The van der Waals surface area contributed by atoms with E-state index in [-0.39, 0.29) is 36.6 Å². The Hall–Kier alpha value is -0.780. The van der Waals surface area contributed by atoms with E-state index in [1.54, 1.807) is 6.20 Å². The molecule has 0 spiro atoms. The van der Waals surface area contributed by atoms with Gasteiger partial charge in [0.25, 0.3) is 0 Å². The molecule has 0 saturated carbocycles. The van der Waals surface area contributed by atoms with Crippen LogP contribution in [0.2, 0.25) is 0 Å². The number of carbonyl (C=O) groups is 1. The van der Waals surface area contributed by atoms with Crippen LogP contribution in [-0.2, 0) is 4.79 Å². The summed E-state index contributed by atoms with van der Waals surface area (Å²) in [6.45, 7) is 4.45. The Labute approximate surface area is 132 Å². The van der Waals surface area contributed by atoms with Crippen LogP contribution in [0.4, 0.5) is 0 Å². The maximum absolute atomic E-state index is 12.1. The highest BCUT2D eigenvalue weighted by molar-refractivity contribution is 5.85. The summed E-state index contributed by atoms with van der Waals surface area (Å²) in [5.41, 5.74) is 1.20. The Bertz CT molecular complexity index is 378. The number of rotatable bonds is 4. The number of aromatic amines is 1. The molecule has 1 atom stereocenters. The highest BCUT2D eigenvalue weighted by Gasteiger charge is 2.26. The first-order valence-electron chi connectivity index (χ1n) is 6.65. The molecule has 2 N–H and O–H groups in total. The predicted octanol–water partition coefficient (Wildman–Crippen LogP) is 1.81. The summed E-state index contributed by atoms with van der Waals surface area (Å²) in [5.74, 6) is 0.863. The van der Waals surface area contributed by atoms with Gasteiger partial charge in [-0.2, -0.15) is 5.10 Å². The lowest BCUT2D eigenvalue weighted by molar-refractivity contribution is -0.135. The predicted molar refractivity (Wildman–Crippen MR) is 84.7 cm³/mol. The fourth-order valence-corrected chi connectivity index (χ4v) is 2.61. The molecule has 0 bridgehead atoms. The molecule has 1 aliphatic heterocycles. The van der Waals surface area contributed by atoms with Gasteiger partial charge in [-0.15, -0.1) is 24.8 Å². The zero-order valence-electron chi connectivity index (χ0n) is 12.0. The summed E-state index contributed by atoms with van der Waals surface area (Å²) in [5, 5.41) is 10.1. The fraction of sp³-hybridized carbons (Fsp3) is 0.692. The van der Waals surface area contributed by atoms with Crippen molar-refractivity contribution in [3.63, 3.8) is 0 Å². The summed E-state index contributed by atoms with van der Waals surface area (Å²) >= 11 is 0. The zero-order chi connectivity index (χ0) is 13.0. The van der Waals surface area contributed by atoms with Crippen molar-refractivity contribution < 1.29 is 4.79 Å². The number of aromatic nitrogens is 2. The van der Waals surface area contributed by atoms with Crippen LogP contribution < -0.4 is 5.32 Å². The SMILES string of the molecule is CNCC(C)C(=O)N1CCC(c2ccn[nH]2)CC1.Cl.Cl. The summed E-state index contributed by atoms with van der Waals surface area (Å²) < 4.78 is 0. The molecule has 1 aromatic heterocycles. The number of H-pyrrole nitrogens is 1. The second-order valence-corrected chi connectivity index (χ2v) is 5.07. The van der Waals surface area contributed by atoms with Gasteiger partial charge in [0.1, 0.15) is 0 Å². The lowest BCUT2D eigenvalue weighted by Crippen LogP contribution is -2.42. The average molecular weight is 323 g/mol. The smallest absolute Gasteiger partial charge is 0.226 e. The van der Waals surface area contributed by atoms with Gasteiger partial charge in [0, 0.05) is 43.4 Å². The Balaban J connectivity index is 0.00000180. The third-order valence-electron chi connectivity index (χ3n) is 3.70. The van der Waals surface area contributed by atoms with Crippen LogP contribution in [0.25, 0.3) is 0 Å². The minimum atomic E-state index is 0. The van der Waals surface area contributed by atoms with Gasteiger partial charge in [-0.3, -0.25) is 9.89 Å². The van der Waals surface area contributed by atoms with E-state index in [0.717, 1.165) is 32.5 Å². The van der Waals surface area contributed by atoms with Crippen molar-refractivity contribution in [1.29, 1.82) is 0 Å². The number of hydrogen-bond donors (Lipinski definition) is 2. The second kappa shape index (κ2) is 9.21. The average Bonchev–Trinajstić information content (AvgIpc) is 2.92. The van der Waals surface area contributed by atoms with Gasteiger partial charge in [0.2, 0.25) is 5.91 Å². The third-order valence-corrected chi connectivity index (χ3v) is 3.70. The Morgan fingerprint density at radius 1 is 1.50 bits per heavy atom. The Morgan fingerprint density at radius 2 is 2.15 bits per heavy atom. The van der Waals surface area contributed by atoms with Crippen LogP contribution in [0.15, 0.2) is 12.3 Å². The molecule has 20 heavy (non-hydrogen) atoms. The molecular weight excluding hydrogens is 299 g/mol. The molecule has 1 amide bonds. The fourth-order valence-electron chi connectivity index (χ4n) is 2.61. The number of hydrogen-bond acceptors (Lipinski definition) is 3. The Kier molecular flexibility index (Phi) is 8.85. The van der Waals surface area contributed by atoms with Crippen molar-refractivity contribution in [2.75, 3.05) is 26.7 Å². The zero-order valence-corrected chi connectivity index (χ0v) is 13.6. The molecule has 0 aromatic carbocycles. The molecular formula is C13H24Cl2N4O. The highest BCUT2D eigenvalue weighted by atomic mass is 35.5. The number of nitrogens with one attached hydrogen (secondary N) is 2. The molecule has 7 heteroatoms. The van der Waals surface area contributed by atoms with E-state index in [1.165, 1.54) is 5.69 Å². The molecule has 1 fully saturated rings. The van der Waals surface area contributed by atoms with E-state index in [9.17, 15) is 4.79 Å². The molecule has 0 aliphatic carbocycles. The van der Waals surface area contributed by atoms with Crippen LogP contribution >= 0.6 is 24.8 Å². The van der Waals surface area contributed by atoms with E-state index >= 15 is 0 Å². The van der Waals surface area contributed by atoms with E-state index in [2.05, 4.69) is 15.5 Å². The van der Waals surface area contributed by atoms with Crippen LogP contribution in [0.5, 0.6) is 0 Å². The highest BCUT2D eigenvalue weighted by Crippen LogP contribution is 2.26. The molecule has 5 nitrogen and oxygen atoms in total. The van der Waals surface area contributed by atoms with Gasteiger partial charge in [-0.25, -0.2) is 0 Å². The first-order valence-corrected chi connectivity index (χ1v) is 6.65. The quantitative estimate of drug-likeness (QED) is 0.888. The monoisotopic (exact) mass is 322 g/mol. The minimum absolute atomic E-state index is 0. The standard InChI is InChI=1S/C13H22N4O.2ClH/c1-10(9-14-2)13(18)17-7-4-11(5-8-17)12-3-6-15-16-12;;/h3,6,10-11,14H,4-5,7-9H2,1-2H3,(H,15,16);2*1H. The van der Waals surface area contributed by atoms with Gasteiger partial charge < -0.3 is 10.2 Å². The largest absolute Gasteiger partial charge is 0.342 e. The third kappa shape index (κ3) is 4.65. The van der Waals surface area contributed by atoms with Gasteiger partial charge in [-0.05, 0) is 26.0 Å².